The Morgan fingerprint density at radius 1 is 1.26 bits per heavy atom. The summed E-state index contributed by atoms with van der Waals surface area (Å²) in [7, 11) is 0. The van der Waals surface area contributed by atoms with E-state index >= 15 is 0 Å². The number of hydrogen-bond donors (Lipinski definition) is 1. The highest BCUT2D eigenvalue weighted by atomic mass is 16.2. The first-order valence-electron chi connectivity index (χ1n) is 6.88. The monoisotopic (exact) mass is 257 g/mol. The number of hydrogen-bond acceptors (Lipinski definition) is 2. The summed E-state index contributed by atoms with van der Waals surface area (Å²) in [5.74, 6) is 0.373. The molecule has 1 aromatic rings. The summed E-state index contributed by atoms with van der Waals surface area (Å²) >= 11 is 0. The average molecular weight is 257 g/mol. The van der Waals surface area contributed by atoms with Crippen LogP contribution in [0.25, 0.3) is 0 Å². The van der Waals surface area contributed by atoms with Gasteiger partial charge < -0.3 is 5.32 Å². The third kappa shape index (κ3) is 1.50. The van der Waals surface area contributed by atoms with E-state index in [9.17, 15) is 9.59 Å². The van der Waals surface area contributed by atoms with Crippen molar-refractivity contribution in [3.8, 4) is 0 Å². The zero-order valence-electron chi connectivity index (χ0n) is 11.4. The Morgan fingerprint density at radius 3 is 2.47 bits per heavy atom. The Morgan fingerprint density at radius 2 is 1.95 bits per heavy atom. The van der Waals surface area contributed by atoms with Gasteiger partial charge >= 0.3 is 0 Å². The fraction of sp³-hybridized carbons (Fsp3) is 0.500. The highest BCUT2D eigenvalue weighted by Crippen LogP contribution is 2.64. The van der Waals surface area contributed by atoms with Gasteiger partial charge in [0, 0.05) is 12.1 Å². The largest absolute Gasteiger partial charge is 0.325 e. The van der Waals surface area contributed by atoms with Crippen LogP contribution in [-0.2, 0) is 9.59 Å². The van der Waals surface area contributed by atoms with E-state index in [1.54, 1.807) is 0 Å². The van der Waals surface area contributed by atoms with Gasteiger partial charge in [-0.15, -0.1) is 0 Å². The number of amides is 1. The molecule has 1 aromatic carbocycles. The van der Waals surface area contributed by atoms with Gasteiger partial charge in [-0.05, 0) is 36.3 Å². The van der Waals surface area contributed by atoms with E-state index in [0.717, 1.165) is 12.1 Å². The Kier molecular flexibility index (Phi) is 2.56. The summed E-state index contributed by atoms with van der Waals surface area (Å²) in [5.41, 5.74) is -0.267. The van der Waals surface area contributed by atoms with Gasteiger partial charge in [0.1, 0.15) is 11.2 Å². The van der Waals surface area contributed by atoms with Gasteiger partial charge in [0.05, 0.1) is 0 Å². The summed E-state index contributed by atoms with van der Waals surface area (Å²) in [6.07, 6.45) is 2.25. The molecular weight excluding hydrogens is 238 g/mol. The zero-order valence-corrected chi connectivity index (χ0v) is 11.4. The van der Waals surface area contributed by atoms with Crippen LogP contribution in [-0.4, -0.2) is 11.7 Å². The van der Waals surface area contributed by atoms with Gasteiger partial charge in [0.2, 0.25) is 5.91 Å². The maximum Gasteiger partial charge on any atom is 0.238 e. The van der Waals surface area contributed by atoms with Crippen LogP contribution in [0.2, 0.25) is 0 Å². The van der Waals surface area contributed by atoms with Crippen LogP contribution < -0.4 is 5.32 Å². The van der Waals surface area contributed by atoms with Crippen LogP contribution in [0.3, 0.4) is 0 Å². The van der Waals surface area contributed by atoms with Crippen LogP contribution in [0.1, 0.15) is 33.1 Å². The number of nitrogens with one attached hydrogen (secondary N) is 1. The Hall–Kier alpha value is -1.64. The van der Waals surface area contributed by atoms with Crippen molar-refractivity contribution in [2.45, 2.75) is 33.1 Å². The third-order valence-electron chi connectivity index (χ3n) is 5.32. The van der Waals surface area contributed by atoms with E-state index in [1.807, 2.05) is 30.3 Å². The molecule has 2 bridgehead atoms. The minimum Gasteiger partial charge on any atom is -0.325 e. The fourth-order valence-electron chi connectivity index (χ4n) is 3.97. The Labute approximate surface area is 113 Å². The molecule has 0 aromatic heterocycles. The van der Waals surface area contributed by atoms with Gasteiger partial charge in [0.15, 0.2) is 0 Å². The van der Waals surface area contributed by atoms with E-state index < -0.39 is 5.41 Å². The van der Waals surface area contributed by atoms with Crippen LogP contribution in [0, 0.1) is 16.7 Å². The molecule has 0 heterocycles. The van der Waals surface area contributed by atoms with E-state index in [4.69, 9.17) is 0 Å². The van der Waals surface area contributed by atoms with Crippen molar-refractivity contribution in [1.29, 1.82) is 0 Å². The van der Waals surface area contributed by atoms with Crippen LogP contribution >= 0.6 is 0 Å². The number of para-hydroxylation sites is 1. The molecule has 0 spiro atoms. The SMILES string of the molecule is CC1(C)[C@@H]2CC[C@@]1(C(=O)Nc1ccccc1)C(=O)C2. The number of benzene rings is 1. The number of carbonyl (C=O) groups is 2. The number of Topliss-reactive ketones (excluding diaryl/α,β-unsaturated/α-hetero) is 1. The highest BCUT2D eigenvalue weighted by Gasteiger charge is 2.68. The standard InChI is InChI=1S/C16H19NO2/c1-15(2)11-8-9-16(15,13(18)10-11)14(19)17-12-6-4-3-5-7-12/h3-7,11H,8-10H2,1-2H3,(H,17,19)/t11-,16+/m1/s1. The molecule has 1 amide bonds. The lowest BCUT2D eigenvalue weighted by Crippen LogP contribution is -2.46. The summed E-state index contributed by atoms with van der Waals surface area (Å²) in [4.78, 5) is 25.0. The molecule has 2 saturated carbocycles. The number of anilines is 1. The predicted molar refractivity (Wildman–Crippen MR) is 73.6 cm³/mol. The van der Waals surface area contributed by atoms with Crippen molar-refractivity contribution >= 4 is 17.4 Å². The van der Waals surface area contributed by atoms with Crippen LogP contribution in [0.4, 0.5) is 5.69 Å². The lowest BCUT2D eigenvalue weighted by molar-refractivity contribution is -0.141. The number of carbonyl (C=O) groups excluding carboxylic acids is 2. The van der Waals surface area contributed by atoms with Crippen molar-refractivity contribution in [1.82, 2.24) is 0 Å². The predicted octanol–water partition coefficient (Wildman–Crippen LogP) is 3.02. The Balaban J connectivity index is 1.92. The van der Waals surface area contributed by atoms with Gasteiger partial charge in [-0.2, -0.15) is 0 Å². The maximum atomic E-state index is 12.7. The molecule has 2 atom stereocenters. The first-order chi connectivity index (χ1) is 8.98. The van der Waals surface area contributed by atoms with E-state index in [-0.39, 0.29) is 17.1 Å². The lowest BCUT2D eigenvalue weighted by Gasteiger charge is -2.34. The smallest absolute Gasteiger partial charge is 0.238 e. The van der Waals surface area contributed by atoms with Gasteiger partial charge in [0.25, 0.3) is 0 Å². The molecule has 2 aliphatic carbocycles. The number of fused-ring (bicyclic) bond motifs is 2. The van der Waals surface area contributed by atoms with E-state index in [2.05, 4.69) is 19.2 Å². The minimum atomic E-state index is -0.812. The summed E-state index contributed by atoms with van der Waals surface area (Å²) in [5, 5.41) is 2.93. The van der Waals surface area contributed by atoms with Gasteiger partial charge in [-0.1, -0.05) is 32.0 Å². The molecule has 3 rings (SSSR count). The van der Waals surface area contributed by atoms with Crippen molar-refractivity contribution in [2.24, 2.45) is 16.7 Å². The normalized spacial score (nSPS) is 31.5. The zero-order chi connectivity index (χ0) is 13.7. The van der Waals surface area contributed by atoms with Gasteiger partial charge in [-0.3, -0.25) is 9.59 Å². The molecule has 1 N–H and O–H groups in total. The molecular formula is C16H19NO2. The molecule has 100 valence electrons. The fourth-order valence-corrected chi connectivity index (χ4v) is 3.97. The first-order valence-corrected chi connectivity index (χ1v) is 6.88. The molecule has 0 saturated heterocycles. The van der Waals surface area contributed by atoms with E-state index in [1.165, 1.54) is 0 Å². The third-order valence-corrected chi connectivity index (χ3v) is 5.32. The number of ketones is 1. The molecule has 2 aliphatic rings. The second-order valence-corrected chi connectivity index (χ2v) is 6.31. The molecule has 0 unspecified atom stereocenters. The van der Waals surface area contributed by atoms with Gasteiger partial charge in [-0.25, -0.2) is 0 Å². The van der Waals surface area contributed by atoms with Crippen molar-refractivity contribution in [3.05, 3.63) is 30.3 Å². The van der Waals surface area contributed by atoms with Crippen LogP contribution in [0.15, 0.2) is 30.3 Å². The summed E-state index contributed by atoms with van der Waals surface area (Å²) in [6.45, 7) is 4.14. The first kappa shape index (κ1) is 12.4. The summed E-state index contributed by atoms with van der Waals surface area (Å²) < 4.78 is 0. The molecule has 0 aliphatic heterocycles. The topological polar surface area (TPSA) is 46.2 Å². The second-order valence-electron chi connectivity index (χ2n) is 6.31. The Bertz CT molecular complexity index is 535. The average Bonchev–Trinajstić information content (AvgIpc) is 2.74. The maximum absolute atomic E-state index is 12.7. The van der Waals surface area contributed by atoms with Crippen molar-refractivity contribution in [3.63, 3.8) is 0 Å². The molecule has 3 nitrogen and oxygen atoms in total. The molecule has 2 fully saturated rings. The summed E-state index contributed by atoms with van der Waals surface area (Å²) in [6, 6.07) is 9.38. The molecule has 3 heteroatoms. The highest BCUT2D eigenvalue weighted by molar-refractivity contribution is 6.14. The molecule has 19 heavy (non-hydrogen) atoms. The molecule has 0 radical (unpaired) electrons. The van der Waals surface area contributed by atoms with Crippen molar-refractivity contribution < 1.29 is 9.59 Å². The van der Waals surface area contributed by atoms with Crippen molar-refractivity contribution in [2.75, 3.05) is 5.32 Å². The van der Waals surface area contributed by atoms with E-state index in [0.29, 0.717) is 18.8 Å². The quantitative estimate of drug-likeness (QED) is 0.828. The minimum absolute atomic E-state index is 0.117. The number of rotatable bonds is 2. The van der Waals surface area contributed by atoms with Crippen LogP contribution in [0.5, 0.6) is 0 Å². The lowest BCUT2D eigenvalue weighted by atomic mass is 9.68. The second kappa shape index (κ2) is 3.92.